The van der Waals surface area contributed by atoms with E-state index in [1.54, 1.807) is 0 Å². The molecule has 3 heteroatoms. The zero-order valence-electron chi connectivity index (χ0n) is 12.7. The van der Waals surface area contributed by atoms with Crippen LogP contribution in [0.3, 0.4) is 0 Å². The molecule has 102 valence electrons. The minimum absolute atomic E-state index is 0.577. The molecule has 1 heterocycles. The van der Waals surface area contributed by atoms with Crippen molar-refractivity contribution in [2.75, 3.05) is 0 Å². The number of benzene rings is 1. The van der Waals surface area contributed by atoms with E-state index in [2.05, 4.69) is 48.1 Å². The molecular weight excluding hydrogens is 246 g/mol. The number of aryl methyl sites for hydroxylation is 3. The van der Waals surface area contributed by atoms with Crippen LogP contribution in [0.5, 0.6) is 0 Å². The zero-order chi connectivity index (χ0) is 14.9. The molecule has 0 spiro atoms. The molecule has 0 saturated heterocycles. The highest BCUT2D eigenvalue weighted by Crippen LogP contribution is 2.25. The van der Waals surface area contributed by atoms with E-state index in [0.717, 1.165) is 17.0 Å². The molecule has 0 atom stereocenters. The highest BCUT2D eigenvalue weighted by Gasteiger charge is 2.24. The van der Waals surface area contributed by atoms with Crippen molar-refractivity contribution < 1.29 is 0 Å². The summed E-state index contributed by atoms with van der Waals surface area (Å²) in [6.45, 7) is 9.79. The molecule has 0 fully saturated rings. The summed E-state index contributed by atoms with van der Waals surface area (Å²) >= 11 is 0. The van der Waals surface area contributed by atoms with Gasteiger partial charge in [-0.05, 0) is 57.9 Å². The van der Waals surface area contributed by atoms with Crippen LogP contribution in [0.1, 0.15) is 36.5 Å². The van der Waals surface area contributed by atoms with E-state index >= 15 is 0 Å². The van der Waals surface area contributed by atoms with Crippen LogP contribution in [0.4, 0.5) is 0 Å². The summed E-state index contributed by atoms with van der Waals surface area (Å²) in [5.74, 6) is 0.577. The van der Waals surface area contributed by atoms with Crippen molar-refractivity contribution in [3.63, 3.8) is 0 Å². The van der Waals surface area contributed by atoms with Crippen LogP contribution < -0.4 is 0 Å². The number of nitrogens with zero attached hydrogens (tertiary/aromatic N) is 3. The van der Waals surface area contributed by atoms with Crippen LogP contribution in [0.15, 0.2) is 24.3 Å². The van der Waals surface area contributed by atoms with Gasteiger partial charge in [-0.25, -0.2) is 9.97 Å². The Bertz CT molecular complexity index is 694. The Labute approximate surface area is 120 Å². The minimum Gasteiger partial charge on any atom is -0.236 e. The monoisotopic (exact) mass is 265 g/mol. The molecule has 0 amide bonds. The van der Waals surface area contributed by atoms with Gasteiger partial charge in [0.2, 0.25) is 0 Å². The van der Waals surface area contributed by atoms with Crippen LogP contribution in [0, 0.1) is 32.1 Å². The van der Waals surface area contributed by atoms with Crippen LogP contribution in [0.2, 0.25) is 0 Å². The molecule has 0 radical (unpaired) electrons. The van der Waals surface area contributed by atoms with Gasteiger partial charge in [0.05, 0.1) is 11.8 Å². The first-order valence-corrected chi connectivity index (χ1v) is 6.68. The molecule has 0 bridgehead atoms. The van der Waals surface area contributed by atoms with E-state index in [1.807, 2.05) is 26.8 Å². The number of hydrogen-bond donors (Lipinski definition) is 0. The lowest BCUT2D eigenvalue weighted by Crippen LogP contribution is -2.19. The number of aromatic nitrogens is 2. The van der Waals surface area contributed by atoms with Gasteiger partial charge in [0.25, 0.3) is 0 Å². The zero-order valence-corrected chi connectivity index (χ0v) is 12.7. The van der Waals surface area contributed by atoms with Crippen LogP contribution in [-0.4, -0.2) is 9.97 Å². The Hall–Kier alpha value is -2.21. The minimum atomic E-state index is -0.680. The summed E-state index contributed by atoms with van der Waals surface area (Å²) in [4.78, 5) is 8.99. The van der Waals surface area contributed by atoms with Crippen molar-refractivity contribution >= 4 is 0 Å². The van der Waals surface area contributed by atoms with Crippen LogP contribution in [0.25, 0.3) is 11.3 Å². The molecule has 0 aliphatic heterocycles. The Kier molecular flexibility index (Phi) is 3.59. The Morgan fingerprint density at radius 2 is 1.70 bits per heavy atom. The summed E-state index contributed by atoms with van der Waals surface area (Å²) in [5, 5.41) is 9.25. The molecule has 0 aliphatic carbocycles. The molecule has 2 rings (SSSR count). The highest BCUT2D eigenvalue weighted by atomic mass is 14.9. The van der Waals surface area contributed by atoms with Crippen molar-refractivity contribution in [3.8, 4) is 17.3 Å². The topological polar surface area (TPSA) is 49.6 Å². The van der Waals surface area contributed by atoms with Gasteiger partial charge in [0, 0.05) is 11.3 Å². The van der Waals surface area contributed by atoms with Gasteiger partial charge >= 0.3 is 0 Å². The average Bonchev–Trinajstić information content (AvgIpc) is 2.41. The maximum atomic E-state index is 9.25. The van der Waals surface area contributed by atoms with E-state index in [-0.39, 0.29) is 0 Å². The van der Waals surface area contributed by atoms with Gasteiger partial charge in [-0.15, -0.1) is 0 Å². The molecule has 0 aliphatic rings. The Morgan fingerprint density at radius 3 is 2.30 bits per heavy atom. The SMILES string of the molecule is Cc1cc(-c2ccc(C)c(C)c2)nc(C(C)(C)C#N)n1. The van der Waals surface area contributed by atoms with Crippen molar-refractivity contribution in [1.29, 1.82) is 5.26 Å². The molecule has 0 unspecified atom stereocenters. The van der Waals surface area contributed by atoms with Gasteiger partial charge in [0.1, 0.15) is 11.2 Å². The summed E-state index contributed by atoms with van der Waals surface area (Å²) in [6, 6.07) is 10.5. The van der Waals surface area contributed by atoms with E-state index in [4.69, 9.17) is 0 Å². The normalized spacial score (nSPS) is 11.2. The fourth-order valence-electron chi connectivity index (χ4n) is 1.95. The lowest BCUT2D eigenvalue weighted by Gasteiger charge is -2.15. The summed E-state index contributed by atoms with van der Waals surface area (Å²) < 4.78 is 0. The van der Waals surface area contributed by atoms with Gasteiger partial charge < -0.3 is 0 Å². The van der Waals surface area contributed by atoms with Gasteiger partial charge in [-0.3, -0.25) is 0 Å². The Morgan fingerprint density at radius 1 is 1.00 bits per heavy atom. The largest absolute Gasteiger partial charge is 0.236 e. The van der Waals surface area contributed by atoms with E-state index in [0.29, 0.717) is 5.82 Å². The second kappa shape index (κ2) is 5.05. The van der Waals surface area contributed by atoms with Crippen LogP contribution >= 0.6 is 0 Å². The molecule has 1 aromatic carbocycles. The second-order valence-electron chi connectivity index (χ2n) is 5.75. The summed E-state index contributed by atoms with van der Waals surface area (Å²) in [5.41, 5.74) is 4.64. The molecule has 2 aromatic rings. The number of rotatable bonds is 2. The average molecular weight is 265 g/mol. The van der Waals surface area contributed by atoms with Crippen molar-refractivity contribution in [2.45, 2.75) is 40.0 Å². The van der Waals surface area contributed by atoms with Gasteiger partial charge in [0.15, 0.2) is 0 Å². The molecule has 1 aromatic heterocycles. The number of hydrogen-bond acceptors (Lipinski definition) is 3. The molecule has 20 heavy (non-hydrogen) atoms. The fraction of sp³-hybridized carbons (Fsp3) is 0.353. The highest BCUT2D eigenvalue weighted by molar-refractivity contribution is 5.61. The van der Waals surface area contributed by atoms with Crippen molar-refractivity contribution in [3.05, 3.63) is 46.9 Å². The van der Waals surface area contributed by atoms with Gasteiger partial charge in [-0.1, -0.05) is 12.1 Å². The first-order valence-electron chi connectivity index (χ1n) is 6.68. The van der Waals surface area contributed by atoms with Crippen molar-refractivity contribution in [1.82, 2.24) is 9.97 Å². The third-order valence-electron chi connectivity index (χ3n) is 3.50. The molecular formula is C17H19N3. The Balaban J connectivity index is 2.58. The van der Waals surface area contributed by atoms with Crippen molar-refractivity contribution in [2.24, 2.45) is 0 Å². The lowest BCUT2D eigenvalue weighted by molar-refractivity contribution is 0.626. The first-order chi connectivity index (χ1) is 9.33. The smallest absolute Gasteiger partial charge is 0.148 e. The predicted molar refractivity (Wildman–Crippen MR) is 80.3 cm³/mol. The third-order valence-corrected chi connectivity index (χ3v) is 3.50. The first kappa shape index (κ1) is 14.2. The molecule has 0 N–H and O–H groups in total. The summed E-state index contributed by atoms with van der Waals surface area (Å²) in [6.07, 6.45) is 0. The number of nitriles is 1. The quantitative estimate of drug-likeness (QED) is 0.828. The second-order valence-corrected chi connectivity index (χ2v) is 5.75. The van der Waals surface area contributed by atoms with E-state index in [9.17, 15) is 5.26 Å². The standard InChI is InChI=1S/C17H19N3/c1-11-6-7-14(8-12(11)2)15-9-13(3)19-16(20-15)17(4,5)10-18/h6-9H,1-5H3. The maximum absolute atomic E-state index is 9.25. The molecule has 0 saturated carbocycles. The lowest BCUT2D eigenvalue weighted by atomic mass is 9.94. The van der Waals surface area contributed by atoms with Gasteiger partial charge in [-0.2, -0.15) is 5.26 Å². The summed E-state index contributed by atoms with van der Waals surface area (Å²) in [7, 11) is 0. The fourth-order valence-corrected chi connectivity index (χ4v) is 1.95. The van der Waals surface area contributed by atoms with Crippen LogP contribution in [-0.2, 0) is 5.41 Å². The third kappa shape index (κ3) is 2.70. The maximum Gasteiger partial charge on any atom is 0.148 e. The predicted octanol–water partition coefficient (Wildman–Crippen LogP) is 3.87. The van der Waals surface area contributed by atoms with E-state index < -0.39 is 5.41 Å². The molecule has 3 nitrogen and oxygen atoms in total. The van der Waals surface area contributed by atoms with E-state index in [1.165, 1.54) is 11.1 Å².